The van der Waals surface area contributed by atoms with Crippen LogP contribution in [0.5, 0.6) is 11.5 Å². The van der Waals surface area contributed by atoms with Crippen molar-refractivity contribution < 1.29 is 23.0 Å². The Bertz CT molecular complexity index is 1070. The van der Waals surface area contributed by atoms with Crippen LogP contribution in [0.15, 0.2) is 59.8 Å². The molecule has 3 rings (SSSR count). The van der Waals surface area contributed by atoms with E-state index in [1.165, 1.54) is 44.8 Å². The highest BCUT2D eigenvalue weighted by molar-refractivity contribution is 7.92. The van der Waals surface area contributed by atoms with Gasteiger partial charge in [-0.1, -0.05) is 24.3 Å². The summed E-state index contributed by atoms with van der Waals surface area (Å²) in [6, 6.07) is 11.2. The highest BCUT2D eigenvalue weighted by atomic mass is 32.2. The minimum atomic E-state index is -3.94. The van der Waals surface area contributed by atoms with E-state index in [9.17, 15) is 13.5 Å². The number of hydrogen-bond donors (Lipinski definition) is 2. The van der Waals surface area contributed by atoms with E-state index in [0.29, 0.717) is 22.8 Å². The number of sulfonamides is 1. The number of aliphatic hydroxyl groups is 1. The maximum absolute atomic E-state index is 12.8. The summed E-state index contributed by atoms with van der Waals surface area (Å²) in [7, 11) is -1.04. The summed E-state index contributed by atoms with van der Waals surface area (Å²) in [5, 5.41) is 9.17. The number of methoxy groups -OCH3 is 2. The minimum Gasteiger partial charge on any atom is -0.493 e. The van der Waals surface area contributed by atoms with Crippen LogP contribution >= 0.6 is 0 Å². The molecule has 0 amide bonds. The van der Waals surface area contributed by atoms with Crippen LogP contribution in [0.1, 0.15) is 5.56 Å². The van der Waals surface area contributed by atoms with Gasteiger partial charge in [-0.2, -0.15) is 0 Å². The molecule has 0 saturated heterocycles. The first kappa shape index (κ1) is 19.6. The zero-order chi connectivity index (χ0) is 20.1. The fourth-order valence-electron chi connectivity index (χ4n) is 2.56. The summed E-state index contributed by atoms with van der Waals surface area (Å²) in [6.45, 7) is -0.0838. The van der Waals surface area contributed by atoms with Crippen LogP contribution in [0.25, 0.3) is 11.3 Å². The second-order valence-corrected chi connectivity index (χ2v) is 7.41. The molecule has 0 unspecified atom stereocenters. The quantitative estimate of drug-likeness (QED) is 0.626. The average Bonchev–Trinajstić information content (AvgIpc) is 2.73. The van der Waals surface area contributed by atoms with Crippen molar-refractivity contribution in [3.8, 4) is 22.8 Å². The lowest BCUT2D eigenvalue weighted by Gasteiger charge is -2.13. The molecule has 0 aliphatic heterocycles. The number of ether oxygens (including phenoxy) is 2. The first-order valence-corrected chi connectivity index (χ1v) is 9.73. The van der Waals surface area contributed by atoms with E-state index in [0.717, 1.165) is 5.56 Å². The van der Waals surface area contributed by atoms with Crippen LogP contribution in [0.3, 0.4) is 0 Å². The van der Waals surface area contributed by atoms with E-state index in [1.807, 2.05) is 0 Å². The molecule has 0 aliphatic carbocycles. The lowest BCUT2D eigenvalue weighted by molar-refractivity contribution is 0.282. The smallest absolute Gasteiger partial charge is 0.263 e. The molecule has 0 radical (unpaired) electrons. The molecule has 28 heavy (non-hydrogen) atoms. The van der Waals surface area contributed by atoms with E-state index in [1.54, 1.807) is 24.3 Å². The molecular weight excluding hydrogens is 382 g/mol. The molecule has 0 spiro atoms. The number of nitrogens with zero attached hydrogens (tertiary/aromatic N) is 2. The van der Waals surface area contributed by atoms with Crippen molar-refractivity contribution in [2.45, 2.75) is 11.5 Å². The Labute approximate surface area is 162 Å². The van der Waals surface area contributed by atoms with Crippen LogP contribution < -0.4 is 14.2 Å². The third-order valence-corrected chi connectivity index (χ3v) is 5.34. The zero-order valence-electron chi connectivity index (χ0n) is 15.3. The number of hydrogen-bond acceptors (Lipinski definition) is 7. The van der Waals surface area contributed by atoms with Crippen LogP contribution in [-0.4, -0.2) is 37.7 Å². The van der Waals surface area contributed by atoms with Gasteiger partial charge in [0.15, 0.2) is 17.3 Å². The molecule has 0 saturated carbocycles. The second-order valence-electron chi connectivity index (χ2n) is 5.73. The lowest BCUT2D eigenvalue weighted by Crippen LogP contribution is -2.15. The number of anilines is 1. The van der Waals surface area contributed by atoms with Gasteiger partial charge in [-0.15, -0.1) is 0 Å². The van der Waals surface area contributed by atoms with Crippen LogP contribution in [0.4, 0.5) is 5.82 Å². The van der Waals surface area contributed by atoms with Gasteiger partial charge < -0.3 is 14.6 Å². The predicted octanol–water partition coefficient (Wildman–Crippen LogP) is 2.45. The summed E-state index contributed by atoms with van der Waals surface area (Å²) in [5.41, 5.74) is 1.77. The van der Waals surface area contributed by atoms with Crippen LogP contribution in [-0.2, 0) is 16.6 Å². The molecule has 0 bridgehead atoms. The van der Waals surface area contributed by atoms with Crippen molar-refractivity contribution in [3.63, 3.8) is 0 Å². The minimum absolute atomic E-state index is 0.00242. The van der Waals surface area contributed by atoms with Gasteiger partial charge in [0.25, 0.3) is 10.0 Å². The van der Waals surface area contributed by atoms with E-state index in [4.69, 9.17) is 9.47 Å². The van der Waals surface area contributed by atoms with Crippen molar-refractivity contribution in [1.29, 1.82) is 0 Å². The first-order chi connectivity index (χ1) is 13.5. The van der Waals surface area contributed by atoms with Gasteiger partial charge in [-0.05, 0) is 17.7 Å². The van der Waals surface area contributed by atoms with Gasteiger partial charge in [0.1, 0.15) is 5.69 Å². The van der Waals surface area contributed by atoms with E-state index in [2.05, 4.69) is 14.7 Å². The van der Waals surface area contributed by atoms with Crippen molar-refractivity contribution >= 4 is 15.8 Å². The average molecular weight is 401 g/mol. The number of benzene rings is 2. The van der Waals surface area contributed by atoms with E-state index < -0.39 is 10.0 Å². The van der Waals surface area contributed by atoms with E-state index in [-0.39, 0.29) is 17.3 Å². The predicted molar refractivity (Wildman–Crippen MR) is 104 cm³/mol. The highest BCUT2D eigenvalue weighted by Crippen LogP contribution is 2.31. The Morgan fingerprint density at radius 3 is 2.29 bits per heavy atom. The van der Waals surface area contributed by atoms with Crippen molar-refractivity contribution in [1.82, 2.24) is 9.97 Å². The van der Waals surface area contributed by atoms with Crippen LogP contribution in [0.2, 0.25) is 0 Å². The molecule has 9 heteroatoms. The summed E-state index contributed by atoms with van der Waals surface area (Å²) >= 11 is 0. The largest absolute Gasteiger partial charge is 0.493 e. The number of aliphatic hydroxyl groups excluding tert-OH is 1. The Hall–Kier alpha value is -3.17. The normalized spacial score (nSPS) is 11.1. The molecule has 0 atom stereocenters. The van der Waals surface area contributed by atoms with Crippen molar-refractivity contribution in [2.24, 2.45) is 0 Å². The van der Waals surface area contributed by atoms with E-state index >= 15 is 0 Å². The third-order valence-electron chi connectivity index (χ3n) is 4.00. The summed E-state index contributed by atoms with van der Waals surface area (Å²) in [5.74, 6) is 0.809. The fourth-order valence-corrected chi connectivity index (χ4v) is 3.59. The molecule has 2 N–H and O–H groups in total. The molecule has 0 fully saturated rings. The molecule has 1 heterocycles. The Morgan fingerprint density at radius 1 is 0.964 bits per heavy atom. The van der Waals surface area contributed by atoms with Gasteiger partial charge >= 0.3 is 0 Å². The topological polar surface area (TPSA) is 111 Å². The third kappa shape index (κ3) is 4.05. The zero-order valence-corrected chi connectivity index (χ0v) is 16.1. The van der Waals surface area contributed by atoms with Crippen LogP contribution in [0, 0.1) is 0 Å². The number of aromatic nitrogens is 2. The van der Waals surface area contributed by atoms with Gasteiger partial charge in [0.2, 0.25) is 0 Å². The van der Waals surface area contributed by atoms with Crippen molar-refractivity contribution in [3.05, 3.63) is 60.4 Å². The molecule has 1 aromatic heterocycles. The second kappa shape index (κ2) is 8.24. The summed E-state index contributed by atoms with van der Waals surface area (Å²) < 4.78 is 38.5. The Morgan fingerprint density at radius 2 is 1.64 bits per heavy atom. The van der Waals surface area contributed by atoms with Gasteiger partial charge in [-0.3, -0.25) is 9.71 Å². The fraction of sp³-hybridized carbons (Fsp3) is 0.158. The summed E-state index contributed by atoms with van der Waals surface area (Å²) in [6.07, 6.45) is 2.88. The molecular formula is C19H19N3O5S. The SMILES string of the molecule is COc1ccc(S(=O)(=O)Nc2nccnc2-c2ccc(CO)cc2)cc1OC. The number of rotatable bonds is 7. The Kier molecular flexibility index (Phi) is 5.76. The van der Waals surface area contributed by atoms with Gasteiger partial charge in [0, 0.05) is 24.0 Å². The lowest BCUT2D eigenvalue weighted by atomic mass is 10.1. The maximum atomic E-state index is 12.8. The Balaban J connectivity index is 1.97. The summed E-state index contributed by atoms with van der Waals surface area (Å²) in [4.78, 5) is 8.37. The number of nitrogens with one attached hydrogen (secondary N) is 1. The standard InChI is InChI=1S/C19H19N3O5S/c1-26-16-8-7-15(11-17(16)27-2)28(24,25)22-19-18(20-9-10-21-19)14-5-3-13(12-23)4-6-14/h3-11,23H,12H2,1-2H3,(H,21,22). The molecule has 146 valence electrons. The van der Waals surface area contributed by atoms with Gasteiger partial charge in [-0.25, -0.2) is 13.4 Å². The monoisotopic (exact) mass is 401 g/mol. The maximum Gasteiger partial charge on any atom is 0.263 e. The van der Waals surface area contributed by atoms with Gasteiger partial charge in [0.05, 0.1) is 25.7 Å². The highest BCUT2D eigenvalue weighted by Gasteiger charge is 2.20. The molecule has 8 nitrogen and oxygen atoms in total. The molecule has 2 aromatic carbocycles. The van der Waals surface area contributed by atoms with Crippen molar-refractivity contribution in [2.75, 3.05) is 18.9 Å². The molecule has 0 aliphatic rings. The molecule has 3 aromatic rings. The first-order valence-electron chi connectivity index (χ1n) is 8.24.